The van der Waals surface area contributed by atoms with Crippen LogP contribution in [0, 0.1) is 13.8 Å². The number of amides is 1. The van der Waals surface area contributed by atoms with Gasteiger partial charge < -0.3 is 15.2 Å². The van der Waals surface area contributed by atoms with E-state index in [2.05, 4.69) is 5.32 Å². The van der Waals surface area contributed by atoms with Crippen molar-refractivity contribution < 1.29 is 14.6 Å². The zero-order chi connectivity index (χ0) is 12.1. The van der Waals surface area contributed by atoms with E-state index in [0.717, 1.165) is 22.4 Å². The van der Waals surface area contributed by atoms with Crippen molar-refractivity contribution in [2.75, 3.05) is 13.7 Å². The molecular weight excluding hydrogens is 206 g/mol. The Morgan fingerprint density at radius 2 is 2.06 bits per heavy atom. The molecule has 0 aliphatic rings. The van der Waals surface area contributed by atoms with Crippen molar-refractivity contribution in [1.82, 2.24) is 5.32 Å². The highest BCUT2D eigenvalue weighted by molar-refractivity contribution is 5.64. The van der Waals surface area contributed by atoms with Crippen LogP contribution in [-0.4, -0.2) is 24.9 Å². The topological polar surface area (TPSA) is 58.6 Å². The van der Waals surface area contributed by atoms with Crippen LogP contribution in [0.2, 0.25) is 0 Å². The van der Waals surface area contributed by atoms with Gasteiger partial charge in [0, 0.05) is 6.54 Å². The molecule has 88 valence electrons. The van der Waals surface area contributed by atoms with Crippen LogP contribution >= 0.6 is 0 Å². The van der Waals surface area contributed by atoms with Crippen molar-refractivity contribution in [3.63, 3.8) is 0 Å². The van der Waals surface area contributed by atoms with E-state index in [4.69, 9.17) is 9.84 Å². The second-order valence-electron chi connectivity index (χ2n) is 3.73. The third-order valence-corrected chi connectivity index (χ3v) is 2.52. The lowest BCUT2D eigenvalue weighted by Gasteiger charge is -2.11. The standard InChI is InChI=1S/C12H17NO3/c1-8-7-11(16-3)9(2)6-10(8)4-5-13-12(14)15/h6-7,13H,4-5H2,1-3H3,(H,14,15). The molecule has 0 unspecified atom stereocenters. The van der Waals surface area contributed by atoms with Crippen LogP contribution in [0.4, 0.5) is 4.79 Å². The fourth-order valence-corrected chi connectivity index (χ4v) is 1.64. The molecule has 1 aromatic carbocycles. The molecule has 0 aliphatic carbocycles. The van der Waals surface area contributed by atoms with Crippen LogP contribution in [0.3, 0.4) is 0 Å². The van der Waals surface area contributed by atoms with Crippen molar-refractivity contribution in [2.45, 2.75) is 20.3 Å². The van der Waals surface area contributed by atoms with Gasteiger partial charge in [0.25, 0.3) is 0 Å². The van der Waals surface area contributed by atoms with Crippen LogP contribution < -0.4 is 10.1 Å². The van der Waals surface area contributed by atoms with Crippen LogP contribution in [0.5, 0.6) is 5.75 Å². The number of ether oxygens (including phenoxy) is 1. The highest BCUT2D eigenvalue weighted by Gasteiger charge is 2.05. The van der Waals surface area contributed by atoms with Crippen molar-refractivity contribution in [3.05, 3.63) is 28.8 Å². The highest BCUT2D eigenvalue weighted by Crippen LogP contribution is 2.22. The highest BCUT2D eigenvalue weighted by atomic mass is 16.5. The first kappa shape index (κ1) is 12.4. The smallest absolute Gasteiger partial charge is 0.404 e. The predicted molar refractivity (Wildman–Crippen MR) is 62.2 cm³/mol. The summed E-state index contributed by atoms with van der Waals surface area (Å²) < 4.78 is 5.21. The number of methoxy groups -OCH3 is 1. The third kappa shape index (κ3) is 3.15. The molecule has 1 amide bonds. The maximum Gasteiger partial charge on any atom is 0.404 e. The number of carboxylic acid groups (broad SMARTS) is 1. The zero-order valence-electron chi connectivity index (χ0n) is 9.83. The van der Waals surface area contributed by atoms with Gasteiger partial charge in [-0.05, 0) is 43.0 Å². The molecule has 0 fully saturated rings. The van der Waals surface area contributed by atoms with Gasteiger partial charge in [0.05, 0.1) is 7.11 Å². The average molecular weight is 223 g/mol. The third-order valence-electron chi connectivity index (χ3n) is 2.52. The Labute approximate surface area is 95.2 Å². The molecule has 1 rings (SSSR count). The Morgan fingerprint density at radius 1 is 1.38 bits per heavy atom. The minimum absolute atomic E-state index is 0.432. The summed E-state index contributed by atoms with van der Waals surface area (Å²) in [6, 6.07) is 4.02. The summed E-state index contributed by atoms with van der Waals surface area (Å²) in [6.07, 6.45) is -0.286. The van der Waals surface area contributed by atoms with Crippen LogP contribution in [0.25, 0.3) is 0 Å². The van der Waals surface area contributed by atoms with Crippen LogP contribution in [0.1, 0.15) is 16.7 Å². The Bertz CT molecular complexity index is 388. The molecule has 0 saturated heterocycles. The Balaban J connectivity index is 2.73. The molecule has 0 bridgehead atoms. The fourth-order valence-electron chi connectivity index (χ4n) is 1.64. The summed E-state index contributed by atoms with van der Waals surface area (Å²) in [5.41, 5.74) is 3.33. The molecule has 0 atom stereocenters. The summed E-state index contributed by atoms with van der Waals surface area (Å²) in [4.78, 5) is 10.3. The van der Waals surface area contributed by atoms with Gasteiger partial charge >= 0.3 is 6.09 Å². The normalized spacial score (nSPS) is 9.94. The maximum absolute atomic E-state index is 10.3. The summed E-state index contributed by atoms with van der Waals surface area (Å²) in [5.74, 6) is 0.868. The molecule has 4 nitrogen and oxygen atoms in total. The molecule has 0 saturated carbocycles. The van der Waals surface area contributed by atoms with Gasteiger partial charge in [0.15, 0.2) is 0 Å². The van der Waals surface area contributed by atoms with Crippen LogP contribution in [0.15, 0.2) is 12.1 Å². The molecule has 0 radical (unpaired) electrons. The van der Waals surface area contributed by atoms with E-state index in [1.807, 2.05) is 26.0 Å². The predicted octanol–water partition coefficient (Wildman–Crippen LogP) is 2.12. The second-order valence-corrected chi connectivity index (χ2v) is 3.73. The number of nitrogens with one attached hydrogen (secondary N) is 1. The summed E-state index contributed by atoms with van der Waals surface area (Å²) in [6.45, 7) is 4.41. The van der Waals surface area contributed by atoms with Gasteiger partial charge in [-0.25, -0.2) is 4.79 Å². The van der Waals surface area contributed by atoms with Crippen molar-refractivity contribution in [3.8, 4) is 5.75 Å². The summed E-state index contributed by atoms with van der Waals surface area (Å²) in [7, 11) is 1.65. The van der Waals surface area contributed by atoms with E-state index in [-0.39, 0.29) is 0 Å². The molecule has 0 aliphatic heterocycles. The summed E-state index contributed by atoms with van der Waals surface area (Å²) in [5, 5.41) is 10.8. The first-order valence-corrected chi connectivity index (χ1v) is 5.15. The maximum atomic E-state index is 10.3. The Morgan fingerprint density at radius 3 is 2.62 bits per heavy atom. The lowest BCUT2D eigenvalue weighted by atomic mass is 10.0. The molecule has 4 heteroatoms. The van der Waals surface area contributed by atoms with E-state index in [1.54, 1.807) is 7.11 Å². The van der Waals surface area contributed by atoms with Crippen LogP contribution in [-0.2, 0) is 6.42 Å². The fraction of sp³-hybridized carbons (Fsp3) is 0.417. The Kier molecular flexibility index (Phi) is 4.17. The SMILES string of the molecule is COc1cc(C)c(CCNC(=O)O)cc1C. The van der Waals surface area contributed by atoms with E-state index in [0.29, 0.717) is 13.0 Å². The van der Waals surface area contributed by atoms with Crippen molar-refractivity contribution >= 4 is 6.09 Å². The lowest BCUT2D eigenvalue weighted by Crippen LogP contribution is -2.23. The first-order valence-electron chi connectivity index (χ1n) is 5.15. The largest absolute Gasteiger partial charge is 0.496 e. The van der Waals surface area contributed by atoms with Gasteiger partial charge in [-0.1, -0.05) is 6.07 Å². The molecule has 2 N–H and O–H groups in total. The summed E-state index contributed by atoms with van der Waals surface area (Å²) >= 11 is 0. The molecule has 0 heterocycles. The zero-order valence-corrected chi connectivity index (χ0v) is 9.83. The number of aryl methyl sites for hydroxylation is 2. The van der Waals surface area contributed by atoms with E-state index < -0.39 is 6.09 Å². The number of benzene rings is 1. The van der Waals surface area contributed by atoms with Crippen molar-refractivity contribution in [1.29, 1.82) is 0 Å². The molecular formula is C12H17NO3. The van der Waals surface area contributed by atoms with E-state index in [1.165, 1.54) is 0 Å². The van der Waals surface area contributed by atoms with E-state index in [9.17, 15) is 4.79 Å². The number of hydrogen-bond donors (Lipinski definition) is 2. The van der Waals surface area contributed by atoms with Gasteiger partial charge in [0.1, 0.15) is 5.75 Å². The monoisotopic (exact) mass is 223 g/mol. The van der Waals surface area contributed by atoms with Gasteiger partial charge in [-0.3, -0.25) is 0 Å². The average Bonchev–Trinajstić information content (AvgIpc) is 2.22. The van der Waals surface area contributed by atoms with Gasteiger partial charge in [0.2, 0.25) is 0 Å². The number of rotatable bonds is 4. The molecule has 0 spiro atoms. The van der Waals surface area contributed by atoms with Gasteiger partial charge in [-0.2, -0.15) is 0 Å². The first-order chi connectivity index (χ1) is 7.54. The lowest BCUT2D eigenvalue weighted by molar-refractivity contribution is 0.194. The molecule has 1 aromatic rings. The minimum atomic E-state index is -0.983. The minimum Gasteiger partial charge on any atom is -0.496 e. The quantitative estimate of drug-likeness (QED) is 0.822. The Hall–Kier alpha value is -1.71. The molecule has 16 heavy (non-hydrogen) atoms. The van der Waals surface area contributed by atoms with Gasteiger partial charge in [-0.15, -0.1) is 0 Å². The second kappa shape index (κ2) is 5.39. The number of carbonyl (C=O) groups is 1. The molecule has 0 aromatic heterocycles. The van der Waals surface area contributed by atoms with E-state index >= 15 is 0 Å². The van der Waals surface area contributed by atoms with Crippen molar-refractivity contribution in [2.24, 2.45) is 0 Å². The number of hydrogen-bond acceptors (Lipinski definition) is 2.